The highest BCUT2D eigenvalue weighted by molar-refractivity contribution is 7.15. The molecule has 21 heavy (non-hydrogen) atoms. The Balaban J connectivity index is 0.00000161. The average Bonchev–Trinajstić information content (AvgIpc) is 3.08. The number of nitrogens with zero attached hydrogens (tertiary/aromatic N) is 1. The van der Waals surface area contributed by atoms with Gasteiger partial charge >= 0.3 is 0 Å². The summed E-state index contributed by atoms with van der Waals surface area (Å²) in [7, 11) is 0. The quantitative estimate of drug-likeness (QED) is 0.863. The van der Waals surface area contributed by atoms with Crippen LogP contribution in [-0.2, 0) is 0 Å². The molecule has 0 bridgehead atoms. The Hall–Kier alpha value is -1.11. The number of carbonyl (C=O) groups is 2. The molecular weight excluding hydrogens is 310 g/mol. The number of nitrogens with two attached hydrogens (primary N) is 1. The van der Waals surface area contributed by atoms with Crippen LogP contribution in [0.4, 0.5) is 0 Å². The summed E-state index contributed by atoms with van der Waals surface area (Å²) < 4.78 is 0. The van der Waals surface area contributed by atoms with Gasteiger partial charge in [0.05, 0.1) is 9.75 Å². The van der Waals surface area contributed by atoms with E-state index in [0.29, 0.717) is 15.2 Å². The van der Waals surface area contributed by atoms with Crippen molar-refractivity contribution in [1.29, 1.82) is 0 Å². The second-order valence-corrected chi connectivity index (χ2v) is 6.83. The van der Waals surface area contributed by atoms with Crippen LogP contribution in [0.5, 0.6) is 0 Å². The fourth-order valence-electron chi connectivity index (χ4n) is 3.15. The van der Waals surface area contributed by atoms with Gasteiger partial charge in [-0.1, -0.05) is 0 Å². The van der Waals surface area contributed by atoms with Gasteiger partial charge in [0.2, 0.25) is 0 Å². The molecule has 1 spiro atoms. The molecule has 0 aliphatic carbocycles. The zero-order valence-electron chi connectivity index (χ0n) is 11.8. The van der Waals surface area contributed by atoms with Crippen molar-refractivity contribution in [3.05, 3.63) is 21.9 Å². The highest BCUT2D eigenvalue weighted by Crippen LogP contribution is 2.37. The molecule has 2 saturated heterocycles. The Morgan fingerprint density at radius 2 is 1.86 bits per heavy atom. The molecule has 5 nitrogen and oxygen atoms in total. The summed E-state index contributed by atoms with van der Waals surface area (Å²) in [6.07, 6.45) is 3.36. The third-order valence-corrected chi connectivity index (χ3v) is 5.59. The summed E-state index contributed by atoms with van der Waals surface area (Å²) >= 11 is 1.19. The first-order valence-corrected chi connectivity index (χ1v) is 7.81. The molecule has 2 aliphatic rings. The van der Waals surface area contributed by atoms with Crippen LogP contribution >= 0.6 is 23.7 Å². The minimum absolute atomic E-state index is 0. The normalized spacial score (nSPS) is 20.3. The minimum atomic E-state index is -0.469. The average molecular weight is 330 g/mol. The number of amides is 2. The molecule has 7 heteroatoms. The first kappa shape index (κ1) is 16.3. The highest BCUT2D eigenvalue weighted by Gasteiger charge is 2.38. The number of hydrogen-bond donors (Lipinski definition) is 2. The SMILES string of the molecule is Cl.NC(=O)c1ccc(C(=O)N2CCC3(CCNC3)CC2)s1. The number of likely N-dealkylation sites (tertiary alicyclic amines) is 1. The largest absolute Gasteiger partial charge is 0.365 e. The summed E-state index contributed by atoms with van der Waals surface area (Å²) in [4.78, 5) is 26.5. The minimum Gasteiger partial charge on any atom is -0.365 e. The number of rotatable bonds is 2. The van der Waals surface area contributed by atoms with Crippen LogP contribution in [-0.4, -0.2) is 42.9 Å². The Morgan fingerprint density at radius 3 is 2.38 bits per heavy atom. The van der Waals surface area contributed by atoms with Gasteiger partial charge in [-0.25, -0.2) is 0 Å². The van der Waals surface area contributed by atoms with Crippen molar-refractivity contribution in [2.75, 3.05) is 26.2 Å². The van der Waals surface area contributed by atoms with E-state index in [1.54, 1.807) is 12.1 Å². The summed E-state index contributed by atoms with van der Waals surface area (Å²) in [5.41, 5.74) is 5.63. The van der Waals surface area contributed by atoms with E-state index in [-0.39, 0.29) is 18.3 Å². The molecule has 2 fully saturated rings. The lowest BCUT2D eigenvalue weighted by molar-refractivity contribution is 0.0612. The maximum absolute atomic E-state index is 12.4. The van der Waals surface area contributed by atoms with Crippen LogP contribution in [0.15, 0.2) is 12.1 Å². The third kappa shape index (κ3) is 3.22. The summed E-state index contributed by atoms with van der Waals surface area (Å²) in [5, 5.41) is 3.42. The van der Waals surface area contributed by atoms with E-state index in [1.807, 2.05) is 4.90 Å². The van der Waals surface area contributed by atoms with E-state index in [2.05, 4.69) is 5.32 Å². The summed E-state index contributed by atoms with van der Waals surface area (Å²) in [5.74, 6) is -0.438. The van der Waals surface area contributed by atoms with E-state index in [0.717, 1.165) is 39.0 Å². The second-order valence-electron chi connectivity index (χ2n) is 5.75. The molecule has 0 unspecified atom stereocenters. The molecule has 0 aromatic carbocycles. The van der Waals surface area contributed by atoms with Crippen LogP contribution in [0.2, 0.25) is 0 Å². The van der Waals surface area contributed by atoms with Gasteiger partial charge in [0.1, 0.15) is 0 Å². The molecule has 0 radical (unpaired) electrons. The summed E-state index contributed by atoms with van der Waals surface area (Å²) in [6.45, 7) is 3.80. The topological polar surface area (TPSA) is 75.4 Å². The van der Waals surface area contributed by atoms with Gasteiger partial charge in [-0.05, 0) is 43.4 Å². The maximum Gasteiger partial charge on any atom is 0.263 e. The van der Waals surface area contributed by atoms with Gasteiger partial charge in [0.15, 0.2) is 0 Å². The van der Waals surface area contributed by atoms with Crippen LogP contribution < -0.4 is 11.1 Å². The lowest BCUT2D eigenvalue weighted by atomic mass is 9.78. The molecule has 1 aromatic heterocycles. The van der Waals surface area contributed by atoms with Crippen LogP contribution in [0.25, 0.3) is 0 Å². The van der Waals surface area contributed by atoms with Crippen molar-refractivity contribution in [2.45, 2.75) is 19.3 Å². The lowest BCUT2D eigenvalue weighted by Gasteiger charge is -2.38. The Kier molecular flexibility index (Phi) is 4.91. The number of thiophene rings is 1. The zero-order chi connectivity index (χ0) is 14.2. The zero-order valence-corrected chi connectivity index (χ0v) is 13.4. The number of piperidine rings is 1. The first-order chi connectivity index (χ1) is 9.60. The Labute approximate surface area is 134 Å². The van der Waals surface area contributed by atoms with Crippen molar-refractivity contribution < 1.29 is 9.59 Å². The van der Waals surface area contributed by atoms with Gasteiger partial charge in [-0.2, -0.15) is 0 Å². The highest BCUT2D eigenvalue weighted by atomic mass is 35.5. The van der Waals surface area contributed by atoms with Crippen molar-refractivity contribution in [1.82, 2.24) is 10.2 Å². The van der Waals surface area contributed by atoms with E-state index < -0.39 is 5.91 Å². The number of hydrogen-bond acceptors (Lipinski definition) is 4. The maximum atomic E-state index is 12.4. The summed E-state index contributed by atoms with van der Waals surface area (Å²) in [6, 6.07) is 3.33. The van der Waals surface area contributed by atoms with Gasteiger partial charge in [-0.3, -0.25) is 9.59 Å². The molecule has 3 heterocycles. The standard InChI is InChI=1S/C14H19N3O2S.ClH/c15-12(18)10-1-2-11(20-10)13(19)17-7-4-14(5-8-17)3-6-16-9-14;/h1-2,16H,3-9H2,(H2,15,18);1H. The molecule has 3 N–H and O–H groups in total. The molecule has 0 saturated carbocycles. The molecule has 1 aromatic rings. The predicted octanol–water partition coefficient (Wildman–Crippen LogP) is 1.48. The Morgan fingerprint density at radius 1 is 1.19 bits per heavy atom. The number of halogens is 1. The fourth-order valence-corrected chi connectivity index (χ4v) is 3.97. The van der Waals surface area contributed by atoms with Gasteiger partial charge in [-0.15, -0.1) is 23.7 Å². The van der Waals surface area contributed by atoms with E-state index in [4.69, 9.17) is 5.73 Å². The van der Waals surface area contributed by atoms with Crippen molar-refractivity contribution in [3.63, 3.8) is 0 Å². The van der Waals surface area contributed by atoms with Crippen LogP contribution in [0, 0.1) is 5.41 Å². The Bertz CT molecular complexity index is 530. The van der Waals surface area contributed by atoms with Crippen molar-refractivity contribution in [2.24, 2.45) is 11.1 Å². The third-order valence-electron chi connectivity index (χ3n) is 4.50. The molecule has 3 rings (SSSR count). The smallest absolute Gasteiger partial charge is 0.263 e. The van der Waals surface area contributed by atoms with E-state index in [9.17, 15) is 9.59 Å². The van der Waals surface area contributed by atoms with E-state index >= 15 is 0 Å². The van der Waals surface area contributed by atoms with E-state index in [1.165, 1.54) is 17.8 Å². The van der Waals surface area contributed by atoms with Crippen molar-refractivity contribution >= 4 is 35.6 Å². The van der Waals surface area contributed by atoms with Gasteiger partial charge in [0, 0.05) is 19.6 Å². The van der Waals surface area contributed by atoms with Crippen LogP contribution in [0.1, 0.15) is 38.6 Å². The number of carbonyl (C=O) groups excluding carboxylic acids is 2. The molecular formula is C14H20ClN3O2S. The molecule has 0 atom stereocenters. The van der Waals surface area contributed by atoms with Crippen LogP contribution in [0.3, 0.4) is 0 Å². The number of nitrogens with one attached hydrogen (secondary N) is 1. The molecule has 2 amide bonds. The first-order valence-electron chi connectivity index (χ1n) is 6.99. The lowest BCUT2D eigenvalue weighted by Crippen LogP contribution is -2.43. The molecule has 116 valence electrons. The monoisotopic (exact) mass is 329 g/mol. The number of primary amides is 1. The predicted molar refractivity (Wildman–Crippen MR) is 85.1 cm³/mol. The van der Waals surface area contributed by atoms with Gasteiger partial charge < -0.3 is 16.0 Å². The fraction of sp³-hybridized carbons (Fsp3) is 0.571. The van der Waals surface area contributed by atoms with Gasteiger partial charge in [0.25, 0.3) is 11.8 Å². The molecule has 2 aliphatic heterocycles. The van der Waals surface area contributed by atoms with Crippen molar-refractivity contribution in [3.8, 4) is 0 Å². The second kappa shape index (κ2) is 6.34.